The van der Waals surface area contributed by atoms with Gasteiger partial charge in [0.05, 0.1) is 11.3 Å². The molecule has 0 spiro atoms. The van der Waals surface area contributed by atoms with Gasteiger partial charge in [-0.2, -0.15) is 5.26 Å². The zero-order valence-corrected chi connectivity index (χ0v) is 11.0. The Bertz CT molecular complexity index is 721. The van der Waals surface area contributed by atoms with Gasteiger partial charge in [0.1, 0.15) is 12.6 Å². The van der Waals surface area contributed by atoms with Crippen LogP contribution in [-0.2, 0) is 17.9 Å². The lowest BCUT2D eigenvalue weighted by Crippen LogP contribution is -2.29. The SMILES string of the molecule is CCn1ccn(CC(=O)Nc2ccccc2C#N)c1=O. The molecule has 20 heavy (non-hydrogen) atoms. The molecule has 102 valence electrons. The van der Waals surface area contributed by atoms with Crippen molar-refractivity contribution in [2.45, 2.75) is 20.0 Å². The molecule has 0 aliphatic carbocycles. The van der Waals surface area contributed by atoms with Gasteiger partial charge in [0, 0.05) is 18.9 Å². The van der Waals surface area contributed by atoms with Crippen LogP contribution in [0.4, 0.5) is 5.69 Å². The van der Waals surface area contributed by atoms with Crippen molar-refractivity contribution in [1.82, 2.24) is 9.13 Å². The topological polar surface area (TPSA) is 79.8 Å². The third kappa shape index (κ3) is 2.78. The molecule has 2 aromatic rings. The average molecular weight is 270 g/mol. The van der Waals surface area contributed by atoms with Gasteiger partial charge in [-0.05, 0) is 19.1 Å². The number of nitriles is 1. The second-order valence-corrected chi connectivity index (χ2v) is 4.20. The fourth-order valence-electron chi connectivity index (χ4n) is 1.85. The van der Waals surface area contributed by atoms with Gasteiger partial charge >= 0.3 is 5.69 Å². The highest BCUT2D eigenvalue weighted by molar-refractivity contribution is 5.91. The molecule has 0 atom stereocenters. The number of imidazole rings is 1. The third-order valence-electron chi connectivity index (χ3n) is 2.89. The van der Waals surface area contributed by atoms with E-state index in [2.05, 4.69) is 5.32 Å². The molecule has 0 saturated carbocycles. The quantitative estimate of drug-likeness (QED) is 0.906. The van der Waals surface area contributed by atoms with Crippen molar-refractivity contribution in [3.05, 3.63) is 52.7 Å². The summed E-state index contributed by atoms with van der Waals surface area (Å²) in [6, 6.07) is 8.73. The molecule has 1 N–H and O–H groups in total. The molecule has 0 saturated heterocycles. The van der Waals surface area contributed by atoms with E-state index in [0.717, 1.165) is 0 Å². The van der Waals surface area contributed by atoms with Gasteiger partial charge < -0.3 is 5.32 Å². The Morgan fingerprint density at radius 2 is 2.00 bits per heavy atom. The molecule has 6 heteroatoms. The van der Waals surface area contributed by atoms with Crippen molar-refractivity contribution >= 4 is 11.6 Å². The second-order valence-electron chi connectivity index (χ2n) is 4.20. The van der Waals surface area contributed by atoms with Gasteiger partial charge in [-0.1, -0.05) is 12.1 Å². The van der Waals surface area contributed by atoms with Gasteiger partial charge in [0.25, 0.3) is 0 Å². The summed E-state index contributed by atoms with van der Waals surface area (Å²) in [5.41, 5.74) is 0.610. The maximum atomic E-state index is 11.9. The molecule has 0 radical (unpaired) electrons. The highest BCUT2D eigenvalue weighted by Crippen LogP contribution is 2.13. The molecule has 0 fully saturated rings. The van der Waals surface area contributed by atoms with E-state index in [0.29, 0.717) is 17.8 Å². The molecule has 0 aliphatic heterocycles. The molecule has 1 aromatic heterocycles. The molecule has 2 rings (SSSR count). The lowest BCUT2D eigenvalue weighted by atomic mass is 10.2. The summed E-state index contributed by atoms with van der Waals surface area (Å²) in [6.07, 6.45) is 3.21. The Morgan fingerprint density at radius 1 is 1.30 bits per heavy atom. The second kappa shape index (κ2) is 5.89. The Labute approximate surface area is 115 Å². The van der Waals surface area contributed by atoms with Crippen LogP contribution in [0.15, 0.2) is 41.5 Å². The predicted octanol–water partition coefficient (Wildman–Crippen LogP) is 1.18. The molecule has 0 unspecified atom stereocenters. The maximum absolute atomic E-state index is 11.9. The van der Waals surface area contributed by atoms with Crippen LogP contribution in [0.1, 0.15) is 12.5 Å². The monoisotopic (exact) mass is 270 g/mol. The van der Waals surface area contributed by atoms with E-state index in [-0.39, 0.29) is 18.1 Å². The number of para-hydroxylation sites is 1. The van der Waals surface area contributed by atoms with Crippen molar-refractivity contribution in [1.29, 1.82) is 5.26 Å². The molecular formula is C14H14N4O2. The van der Waals surface area contributed by atoms with Crippen LogP contribution >= 0.6 is 0 Å². The van der Waals surface area contributed by atoms with Crippen LogP contribution in [0.2, 0.25) is 0 Å². The van der Waals surface area contributed by atoms with Gasteiger partial charge in [0.15, 0.2) is 0 Å². The van der Waals surface area contributed by atoms with Crippen LogP contribution in [0.25, 0.3) is 0 Å². The van der Waals surface area contributed by atoms with Gasteiger partial charge in [-0.25, -0.2) is 4.79 Å². The molecule has 1 amide bonds. The molecule has 0 bridgehead atoms. The molecular weight excluding hydrogens is 256 g/mol. The van der Waals surface area contributed by atoms with Crippen LogP contribution in [0.3, 0.4) is 0 Å². The number of carbonyl (C=O) groups excluding carboxylic acids is 1. The lowest BCUT2D eigenvalue weighted by Gasteiger charge is -2.06. The summed E-state index contributed by atoms with van der Waals surface area (Å²) in [5, 5.41) is 11.6. The number of carbonyl (C=O) groups is 1. The third-order valence-corrected chi connectivity index (χ3v) is 2.89. The lowest BCUT2D eigenvalue weighted by molar-refractivity contribution is -0.116. The van der Waals surface area contributed by atoms with Crippen molar-refractivity contribution in [3.8, 4) is 6.07 Å². The number of hydrogen-bond donors (Lipinski definition) is 1. The summed E-state index contributed by atoms with van der Waals surface area (Å²) in [4.78, 5) is 23.7. The number of aromatic nitrogens is 2. The van der Waals surface area contributed by atoms with E-state index in [9.17, 15) is 9.59 Å². The number of nitrogens with one attached hydrogen (secondary N) is 1. The number of amides is 1. The minimum absolute atomic E-state index is 0.0778. The van der Waals surface area contributed by atoms with E-state index < -0.39 is 0 Å². The first-order chi connectivity index (χ1) is 9.65. The number of aryl methyl sites for hydroxylation is 1. The Morgan fingerprint density at radius 3 is 2.65 bits per heavy atom. The first kappa shape index (κ1) is 13.6. The average Bonchev–Trinajstić information content (AvgIpc) is 2.80. The fourth-order valence-corrected chi connectivity index (χ4v) is 1.85. The number of anilines is 1. The van der Waals surface area contributed by atoms with Crippen molar-refractivity contribution in [2.75, 3.05) is 5.32 Å². The van der Waals surface area contributed by atoms with Crippen LogP contribution in [0.5, 0.6) is 0 Å². The number of benzene rings is 1. The number of hydrogen-bond acceptors (Lipinski definition) is 3. The highest BCUT2D eigenvalue weighted by atomic mass is 16.2. The van der Waals surface area contributed by atoms with E-state index >= 15 is 0 Å². The highest BCUT2D eigenvalue weighted by Gasteiger charge is 2.09. The Balaban J connectivity index is 2.12. The number of rotatable bonds is 4. The minimum Gasteiger partial charge on any atom is -0.323 e. The summed E-state index contributed by atoms with van der Waals surface area (Å²) >= 11 is 0. The maximum Gasteiger partial charge on any atom is 0.328 e. The standard InChI is InChI=1S/C14H14N4O2/c1-2-17-7-8-18(14(17)20)10-13(19)16-12-6-4-3-5-11(12)9-15/h3-8H,2,10H2,1H3,(H,16,19). The fraction of sp³-hybridized carbons (Fsp3) is 0.214. The van der Waals surface area contributed by atoms with Gasteiger partial charge in [-0.15, -0.1) is 0 Å². The largest absolute Gasteiger partial charge is 0.328 e. The van der Waals surface area contributed by atoms with E-state index in [1.165, 1.54) is 9.13 Å². The molecule has 1 heterocycles. The van der Waals surface area contributed by atoms with Crippen LogP contribution < -0.4 is 11.0 Å². The smallest absolute Gasteiger partial charge is 0.323 e. The summed E-state index contributed by atoms with van der Waals surface area (Å²) < 4.78 is 2.84. The molecule has 1 aromatic carbocycles. The Kier molecular flexibility index (Phi) is 4.01. The Hall–Kier alpha value is -2.81. The predicted molar refractivity (Wildman–Crippen MR) is 74.2 cm³/mol. The summed E-state index contributed by atoms with van der Waals surface area (Å²) in [7, 11) is 0. The normalized spacial score (nSPS) is 10.0. The number of nitrogens with zero attached hydrogens (tertiary/aromatic N) is 3. The van der Waals surface area contributed by atoms with E-state index in [4.69, 9.17) is 5.26 Å². The molecule has 6 nitrogen and oxygen atoms in total. The first-order valence-electron chi connectivity index (χ1n) is 6.20. The van der Waals surface area contributed by atoms with E-state index in [1.807, 2.05) is 13.0 Å². The van der Waals surface area contributed by atoms with E-state index in [1.54, 1.807) is 36.7 Å². The van der Waals surface area contributed by atoms with Crippen molar-refractivity contribution in [2.24, 2.45) is 0 Å². The molecule has 0 aliphatic rings. The van der Waals surface area contributed by atoms with Crippen LogP contribution in [0, 0.1) is 11.3 Å². The van der Waals surface area contributed by atoms with Crippen molar-refractivity contribution in [3.63, 3.8) is 0 Å². The zero-order chi connectivity index (χ0) is 14.5. The van der Waals surface area contributed by atoms with Gasteiger partial charge in [-0.3, -0.25) is 13.9 Å². The van der Waals surface area contributed by atoms with Crippen LogP contribution in [-0.4, -0.2) is 15.0 Å². The summed E-state index contributed by atoms with van der Waals surface area (Å²) in [6.45, 7) is 2.34. The first-order valence-corrected chi connectivity index (χ1v) is 6.20. The zero-order valence-electron chi connectivity index (χ0n) is 11.0. The minimum atomic E-state index is -0.344. The van der Waals surface area contributed by atoms with Gasteiger partial charge in [0.2, 0.25) is 5.91 Å². The summed E-state index contributed by atoms with van der Waals surface area (Å²) in [5.74, 6) is -0.344. The van der Waals surface area contributed by atoms with Crippen molar-refractivity contribution < 1.29 is 4.79 Å².